The fourth-order valence-electron chi connectivity index (χ4n) is 6.83. The first-order chi connectivity index (χ1) is 23.0. The number of carbonyl (C=O) groups is 1. The number of nitrogens with zero attached hydrogens (tertiary/aromatic N) is 2. The van der Waals surface area contributed by atoms with Gasteiger partial charge in [-0.05, 0) is 88.9 Å². The molecule has 1 unspecified atom stereocenters. The Morgan fingerprint density at radius 3 is 2.18 bits per heavy atom. The molecule has 49 heavy (non-hydrogen) atoms. The second-order valence-corrected chi connectivity index (χ2v) is 15.9. The molecule has 2 heterocycles. The van der Waals surface area contributed by atoms with Crippen LogP contribution in [0.4, 0.5) is 11.4 Å². The third kappa shape index (κ3) is 8.33. The summed E-state index contributed by atoms with van der Waals surface area (Å²) in [5.74, 6) is -0.846. The van der Waals surface area contributed by atoms with Gasteiger partial charge in [-0.15, -0.1) is 0 Å². The molecule has 12 nitrogen and oxygen atoms in total. The fraction of sp³-hybridized carbons (Fsp3) is 0.486. The van der Waals surface area contributed by atoms with Gasteiger partial charge < -0.3 is 19.5 Å². The van der Waals surface area contributed by atoms with Gasteiger partial charge in [0.1, 0.15) is 6.54 Å². The lowest BCUT2D eigenvalue weighted by Crippen LogP contribution is -2.31. The van der Waals surface area contributed by atoms with E-state index < -0.39 is 37.0 Å². The number of anilines is 1. The number of carboxylic acid groups (broad SMARTS) is 1. The molecule has 0 aliphatic carbocycles. The Kier molecular flexibility index (Phi) is 11.9. The minimum absolute atomic E-state index is 0.0761. The molecule has 0 spiro atoms. The number of benzene rings is 2. The molecule has 0 bridgehead atoms. The number of unbranched alkanes of at least 4 members (excludes halogenated alkanes) is 2. The Bertz CT molecular complexity index is 1880. The SMILES string of the molecule is CC[N+]1=C(C=CC=C2N(CCCCCC(=O)O)c3ccc(S(=O)(=O)O)cc3C2(C)CCOCCOC)C(C)(C)c2cc(S(=O)(=O)O)ccc21. The predicted molar refractivity (Wildman–Crippen MR) is 186 cm³/mol. The Balaban J connectivity index is 1.79. The highest BCUT2D eigenvalue weighted by atomic mass is 32.2. The zero-order valence-corrected chi connectivity index (χ0v) is 30.3. The third-order valence-corrected chi connectivity index (χ3v) is 11.1. The molecule has 2 aliphatic rings. The maximum absolute atomic E-state index is 12.2. The molecule has 0 saturated carbocycles. The number of ether oxygens (including phenoxy) is 2. The van der Waals surface area contributed by atoms with Gasteiger partial charge in [-0.2, -0.15) is 21.4 Å². The van der Waals surface area contributed by atoms with Crippen LogP contribution in [-0.4, -0.2) is 87.3 Å². The maximum atomic E-state index is 12.2. The molecule has 2 aromatic carbocycles. The highest BCUT2D eigenvalue weighted by Gasteiger charge is 2.46. The van der Waals surface area contributed by atoms with Crippen LogP contribution in [0, 0.1) is 0 Å². The van der Waals surface area contributed by atoms with Gasteiger partial charge in [-0.25, -0.2) is 0 Å². The summed E-state index contributed by atoms with van der Waals surface area (Å²) in [6.45, 7) is 10.3. The van der Waals surface area contributed by atoms with E-state index in [0.717, 1.165) is 33.9 Å². The number of allylic oxidation sites excluding steroid dienone is 4. The van der Waals surface area contributed by atoms with E-state index in [1.807, 2.05) is 45.9 Å². The van der Waals surface area contributed by atoms with Gasteiger partial charge in [-0.3, -0.25) is 13.9 Å². The minimum Gasteiger partial charge on any atom is -0.481 e. The first-order valence-corrected chi connectivity index (χ1v) is 19.2. The number of fused-ring (bicyclic) bond motifs is 2. The van der Waals surface area contributed by atoms with Gasteiger partial charge in [0.15, 0.2) is 5.71 Å². The van der Waals surface area contributed by atoms with Crippen LogP contribution in [0.2, 0.25) is 0 Å². The topological polar surface area (TPSA) is 171 Å². The number of rotatable bonds is 17. The van der Waals surface area contributed by atoms with E-state index in [0.29, 0.717) is 58.6 Å². The van der Waals surface area contributed by atoms with Gasteiger partial charge in [-0.1, -0.05) is 12.5 Å². The third-order valence-electron chi connectivity index (χ3n) is 9.44. The van der Waals surface area contributed by atoms with Crippen LogP contribution >= 0.6 is 0 Å². The molecule has 4 rings (SSSR count). The van der Waals surface area contributed by atoms with Crippen molar-refractivity contribution in [3.05, 3.63) is 71.5 Å². The van der Waals surface area contributed by atoms with E-state index in [9.17, 15) is 30.7 Å². The smallest absolute Gasteiger partial charge is 0.303 e. The highest BCUT2D eigenvalue weighted by Crippen LogP contribution is 2.51. The summed E-state index contributed by atoms with van der Waals surface area (Å²) in [4.78, 5) is 12.8. The van der Waals surface area contributed by atoms with E-state index >= 15 is 0 Å². The number of hydrogen-bond acceptors (Lipinski definition) is 8. The molecule has 0 fully saturated rings. The lowest BCUT2D eigenvalue weighted by Gasteiger charge is -2.30. The van der Waals surface area contributed by atoms with Crippen LogP contribution in [0.1, 0.15) is 70.9 Å². The quantitative estimate of drug-likeness (QED) is 0.107. The lowest BCUT2D eigenvalue weighted by atomic mass is 9.78. The first-order valence-electron chi connectivity index (χ1n) is 16.3. The molecule has 268 valence electrons. The van der Waals surface area contributed by atoms with Crippen molar-refractivity contribution in [3.63, 3.8) is 0 Å². The van der Waals surface area contributed by atoms with Gasteiger partial charge in [0.05, 0.1) is 28.4 Å². The average Bonchev–Trinajstić information content (AvgIpc) is 3.38. The van der Waals surface area contributed by atoms with Crippen LogP contribution in [-0.2, 0) is 45.3 Å². The molecule has 2 aromatic rings. The van der Waals surface area contributed by atoms with Gasteiger partial charge in [0.2, 0.25) is 5.69 Å². The summed E-state index contributed by atoms with van der Waals surface area (Å²) in [5, 5.41) is 9.10. The van der Waals surface area contributed by atoms with Crippen LogP contribution in [0.3, 0.4) is 0 Å². The largest absolute Gasteiger partial charge is 0.481 e. The Labute approximate surface area is 289 Å². The molecule has 0 amide bonds. The number of hydrogen-bond donors (Lipinski definition) is 3. The van der Waals surface area contributed by atoms with Crippen molar-refractivity contribution < 1.29 is 49.9 Å². The summed E-state index contributed by atoms with van der Waals surface area (Å²) in [6, 6.07) is 9.21. The molecule has 0 saturated heterocycles. The van der Waals surface area contributed by atoms with Crippen molar-refractivity contribution in [3.8, 4) is 0 Å². The van der Waals surface area contributed by atoms with E-state index in [-0.39, 0.29) is 16.2 Å². The van der Waals surface area contributed by atoms with Gasteiger partial charge in [0.25, 0.3) is 20.2 Å². The number of carboxylic acids is 1. The average molecular weight is 720 g/mol. The Morgan fingerprint density at radius 2 is 1.57 bits per heavy atom. The predicted octanol–water partition coefficient (Wildman–Crippen LogP) is 5.49. The van der Waals surface area contributed by atoms with Crippen LogP contribution in [0.5, 0.6) is 0 Å². The zero-order valence-electron chi connectivity index (χ0n) is 28.7. The Morgan fingerprint density at radius 1 is 0.918 bits per heavy atom. The van der Waals surface area contributed by atoms with Crippen LogP contribution in [0.25, 0.3) is 0 Å². The second kappa shape index (κ2) is 15.2. The molecule has 1 atom stereocenters. The first kappa shape index (κ1) is 38.4. The highest BCUT2D eigenvalue weighted by molar-refractivity contribution is 7.86. The van der Waals surface area contributed by atoms with Crippen molar-refractivity contribution in [2.24, 2.45) is 0 Å². The zero-order chi connectivity index (χ0) is 36.2. The van der Waals surface area contributed by atoms with Crippen LogP contribution in [0.15, 0.2) is 70.1 Å². The molecular formula is C35H47N2O10S2+. The summed E-state index contributed by atoms with van der Waals surface area (Å²) in [5.41, 5.74) is 3.59. The van der Waals surface area contributed by atoms with Crippen molar-refractivity contribution >= 4 is 43.3 Å². The minimum atomic E-state index is -4.48. The molecule has 14 heteroatoms. The maximum Gasteiger partial charge on any atom is 0.303 e. The van der Waals surface area contributed by atoms with Crippen molar-refractivity contribution in [1.29, 1.82) is 0 Å². The van der Waals surface area contributed by atoms with E-state index in [1.54, 1.807) is 19.2 Å². The molecule has 2 aliphatic heterocycles. The van der Waals surface area contributed by atoms with Crippen LogP contribution < -0.4 is 4.90 Å². The molecular weight excluding hydrogens is 673 g/mol. The summed E-state index contributed by atoms with van der Waals surface area (Å²) in [6.07, 6.45) is 8.37. The van der Waals surface area contributed by atoms with Gasteiger partial charge in [0, 0.05) is 61.2 Å². The number of aliphatic carboxylic acids is 1. The number of methoxy groups -OCH3 is 1. The van der Waals surface area contributed by atoms with Crippen molar-refractivity contribution in [1.82, 2.24) is 0 Å². The molecule has 0 radical (unpaired) electrons. The normalized spacial score (nSPS) is 19.7. The molecule has 3 N–H and O–H groups in total. The summed E-state index contributed by atoms with van der Waals surface area (Å²) >= 11 is 0. The summed E-state index contributed by atoms with van der Waals surface area (Å²) < 4.78 is 81.0. The summed E-state index contributed by atoms with van der Waals surface area (Å²) in [7, 11) is -7.28. The van der Waals surface area contributed by atoms with E-state index in [1.165, 1.54) is 24.3 Å². The molecule has 0 aromatic heterocycles. The van der Waals surface area contributed by atoms with E-state index in [2.05, 4.69) is 9.48 Å². The van der Waals surface area contributed by atoms with E-state index in [4.69, 9.17) is 14.6 Å². The fourth-order valence-corrected chi connectivity index (χ4v) is 7.84. The van der Waals surface area contributed by atoms with Gasteiger partial charge >= 0.3 is 5.97 Å². The lowest BCUT2D eigenvalue weighted by molar-refractivity contribution is -0.433. The van der Waals surface area contributed by atoms with Crippen molar-refractivity contribution in [2.75, 3.05) is 44.9 Å². The second-order valence-electron chi connectivity index (χ2n) is 13.0. The van der Waals surface area contributed by atoms with Crippen molar-refractivity contribution in [2.45, 2.75) is 80.4 Å². The standard InChI is InChI=1S/C35H46N2O10S2/c1-6-36-29-16-14-25(48(40,41)42)23-27(29)34(2,3)31(36)11-10-12-32-35(4,18-20-47-22-21-46-5)28-24-26(49(43,44)45)15-17-30(28)37(32)19-9-7-8-13-33(38)39/h10-12,14-17,23-24H,6-9,13,18-22H2,1-5H3,(H2-,38,39,40,41,42,43,44,45)/p+1. The Hall–Kier alpha value is -3.40. The monoisotopic (exact) mass is 719 g/mol.